The lowest BCUT2D eigenvalue weighted by Crippen LogP contribution is -2.30. The number of rotatable bonds is 6. The number of aliphatic hydroxyl groups excluding tert-OH is 2. The van der Waals surface area contributed by atoms with Crippen LogP contribution in [0.1, 0.15) is 24.4 Å². The molecule has 3 heterocycles. The SMILES string of the molecule is CNc1ncnc2c1ccn2[C@@H]1C[C@H](CCc2ccc3cc(Br)c(NC(=O)C(F)(F)F)nc3c2)[C@@H](O)[C@H]1O. The van der Waals surface area contributed by atoms with Crippen LogP contribution in [0.25, 0.3) is 21.9 Å². The van der Waals surface area contributed by atoms with Crippen LogP contribution in [0.5, 0.6) is 0 Å². The molecular weight excluding hydrogens is 569 g/mol. The van der Waals surface area contributed by atoms with Crippen molar-refractivity contribution in [3.63, 3.8) is 0 Å². The molecule has 1 aromatic carbocycles. The maximum absolute atomic E-state index is 12.7. The minimum absolute atomic E-state index is 0.187. The van der Waals surface area contributed by atoms with Gasteiger partial charge in [0.2, 0.25) is 0 Å². The number of benzene rings is 1. The van der Waals surface area contributed by atoms with Gasteiger partial charge in [-0.1, -0.05) is 12.1 Å². The van der Waals surface area contributed by atoms with E-state index in [-0.39, 0.29) is 22.3 Å². The quantitative estimate of drug-likeness (QED) is 0.264. The number of fused-ring (bicyclic) bond motifs is 2. The van der Waals surface area contributed by atoms with Crippen molar-refractivity contribution in [2.45, 2.75) is 43.7 Å². The highest BCUT2D eigenvalue weighted by Crippen LogP contribution is 2.40. The molecule has 0 unspecified atom stereocenters. The highest BCUT2D eigenvalue weighted by molar-refractivity contribution is 9.10. The molecule has 9 nitrogen and oxygen atoms in total. The Kier molecular flexibility index (Phi) is 7.01. The summed E-state index contributed by atoms with van der Waals surface area (Å²) < 4.78 is 40.1. The number of nitrogens with zero attached hydrogens (tertiary/aromatic N) is 4. The van der Waals surface area contributed by atoms with Crippen molar-refractivity contribution in [1.29, 1.82) is 0 Å². The van der Waals surface area contributed by atoms with Gasteiger partial charge in [0.15, 0.2) is 0 Å². The van der Waals surface area contributed by atoms with Crippen molar-refractivity contribution in [2.24, 2.45) is 5.92 Å². The number of aromatic nitrogens is 4. The Labute approximate surface area is 223 Å². The number of anilines is 2. The first kappa shape index (κ1) is 26.3. The number of carbonyl (C=O) groups is 1. The van der Waals surface area contributed by atoms with Crippen molar-refractivity contribution >= 4 is 55.4 Å². The van der Waals surface area contributed by atoms with E-state index in [4.69, 9.17) is 0 Å². The monoisotopic (exact) mass is 592 g/mol. The van der Waals surface area contributed by atoms with E-state index < -0.39 is 24.3 Å². The molecule has 1 amide bonds. The largest absolute Gasteiger partial charge is 0.471 e. The Morgan fingerprint density at radius 2 is 1.95 bits per heavy atom. The van der Waals surface area contributed by atoms with Crippen LogP contribution >= 0.6 is 15.9 Å². The second-order valence-corrected chi connectivity index (χ2v) is 10.2. The molecule has 4 aromatic rings. The number of alkyl halides is 3. The maximum atomic E-state index is 12.7. The molecule has 200 valence electrons. The average molecular weight is 593 g/mol. The Bertz CT molecular complexity index is 1510. The fraction of sp³-hybridized carbons (Fsp3) is 0.360. The molecule has 1 saturated carbocycles. The van der Waals surface area contributed by atoms with Crippen LogP contribution < -0.4 is 10.6 Å². The molecule has 3 aromatic heterocycles. The lowest BCUT2D eigenvalue weighted by atomic mass is 9.95. The number of amides is 1. The number of nitrogens with one attached hydrogen (secondary N) is 2. The van der Waals surface area contributed by atoms with E-state index in [1.807, 2.05) is 22.9 Å². The molecule has 0 radical (unpaired) electrons. The standard InChI is InChI=1S/C25H24BrF3N6O3/c1-30-21-15-6-7-35(23(15)32-11-31-21)18-10-14(19(36)20(18)37)5-3-12-2-4-13-9-16(26)22(33-17(13)8-12)34-24(38)25(27,28)29/h2,4,6-9,11,14,18-20,36-37H,3,5,10H2,1H3,(H,30,31,32)(H,33,34,38)/t14-,18+,19+,20-/m0/s1. The Hall–Kier alpha value is -3.29. The third kappa shape index (κ3) is 4.93. The number of pyridine rings is 1. The van der Waals surface area contributed by atoms with Gasteiger partial charge in [-0.25, -0.2) is 15.0 Å². The second-order valence-electron chi connectivity index (χ2n) is 9.31. The first-order valence-electron chi connectivity index (χ1n) is 11.9. The number of halogens is 4. The molecule has 0 spiro atoms. The Morgan fingerprint density at radius 1 is 1.16 bits per heavy atom. The summed E-state index contributed by atoms with van der Waals surface area (Å²) >= 11 is 3.15. The predicted molar refractivity (Wildman–Crippen MR) is 139 cm³/mol. The lowest BCUT2D eigenvalue weighted by Gasteiger charge is -2.19. The molecule has 5 rings (SSSR count). The second kappa shape index (κ2) is 10.1. The van der Waals surface area contributed by atoms with Gasteiger partial charge >= 0.3 is 12.1 Å². The molecule has 13 heteroatoms. The van der Waals surface area contributed by atoms with E-state index in [1.165, 1.54) is 6.33 Å². The van der Waals surface area contributed by atoms with Gasteiger partial charge in [0, 0.05) is 18.6 Å². The minimum Gasteiger partial charge on any atom is -0.390 e. The van der Waals surface area contributed by atoms with Gasteiger partial charge in [0.25, 0.3) is 0 Å². The molecule has 1 fully saturated rings. The van der Waals surface area contributed by atoms with Gasteiger partial charge in [-0.15, -0.1) is 0 Å². The predicted octanol–water partition coefficient (Wildman–Crippen LogP) is 4.20. The van der Waals surface area contributed by atoms with Crippen LogP contribution in [0.2, 0.25) is 0 Å². The first-order chi connectivity index (χ1) is 18.1. The van der Waals surface area contributed by atoms with Gasteiger partial charge in [-0.05, 0) is 64.9 Å². The summed E-state index contributed by atoms with van der Waals surface area (Å²) in [5.74, 6) is -1.84. The zero-order chi connectivity index (χ0) is 27.2. The van der Waals surface area contributed by atoms with E-state index >= 15 is 0 Å². The van der Waals surface area contributed by atoms with Crippen LogP contribution in [-0.4, -0.2) is 61.1 Å². The van der Waals surface area contributed by atoms with Gasteiger partial charge in [0.1, 0.15) is 29.7 Å². The molecule has 38 heavy (non-hydrogen) atoms. The molecule has 1 aliphatic carbocycles. The molecule has 4 atom stereocenters. The van der Waals surface area contributed by atoms with Crippen LogP contribution in [0.3, 0.4) is 0 Å². The number of carbonyl (C=O) groups excluding carboxylic acids is 1. The van der Waals surface area contributed by atoms with Crippen molar-refractivity contribution in [3.05, 3.63) is 52.9 Å². The normalized spacial score (nSPS) is 21.8. The summed E-state index contributed by atoms with van der Waals surface area (Å²) in [6, 6.07) is 8.53. The van der Waals surface area contributed by atoms with Crippen LogP contribution in [0.4, 0.5) is 24.8 Å². The minimum atomic E-state index is -5.03. The van der Waals surface area contributed by atoms with Crippen molar-refractivity contribution in [3.8, 4) is 0 Å². The first-order valence-corrected chi connectivity index (χ1v) is 12.7. The molecule has 4 N–H and O–H groups in total. The van der Waals surface area contributed by atoms with Crippen LogP contribution in [0.15, 0.2) is 47.3 Å². The number of aliphatic hydroxyl groups is 2. The molecule has 0 bridgehead atoms. The number of hydrogen-bond donors (Lipinski definition) is 4. The zero-order valence-electron chi connectivity index (χ0n) is 20.1. The highest BCUT2D eigenvalue weighted by atomic mass is 79.9. The average Bonchev–Trinajstić information content (AvgIpc) is 3.43. The van der Waals surface area contributed by atoms with E-state index in [2.05, 4.69) is 36.2 Å². The Morgan fingerprint density at radius 3 is 2.68 bits per heavy atom. The summed E-state index contributed by atoms with van der Waals surface area (Å²) in [7, 11) is 1.77. The molecular formula is C25H24BrF3N6O3. The fourth-order valence-corrected chi connectivity index (χ4v) is 5.49. The topological polar surface area (TPSA) is 125 Å². The van der Waals surface area contributed by atoms with Crippen molar-refractivity contribution in [1.82, 2.24) is 19.5 Å². The fourth-order valence-electron chi connectivity index (χ4n) is 5.06. The van der Waals surface area contributed by atoms with E-state index in [0.29, 0.717) is 41.6 Å². The van der Waals surface area contributed by atoms with E-state index in [9.17, 15) is 28.2 Å². The van der Waals surface area contributed by atoms with Gasteiger partial charge in [-0.2, -0.15) is 13.2 Å². The molecule has 0 saturated heterocycles. The van der Waals surface area contributed by atoms with E-state index in [1.54, 1.807) is 30.6 Å². The Balaban J connectivity index is 1.32. The van der Waals surface area contributed by atoms with Gasteiger partial charge < -0.3 is 25.4 Å². The smallest absolute Gasteiger partial charge is 0.390 e. The van der Waals surface area contributed by atoms with E-state index in [0.717, 1.165) is 10.9 Å². The van der Waals surface area contributed by atoms with Gasteiger partial charge in [-0.3, -0.25) is 4.79 Å². The maximum Gasteiger partial charge on any atom is 0.471 e. The van der Waals surface area contributed by atoms with Gasteiger partial charge in [0.05, 0.1) is 27.5 Å². The molecule has 1 aliphatic rings. The number of hydrogen-bond acceptors (Lipinski definition) is 7. The van der Waals surface area contributed by atoms with Crippen LogP contribution in [0, 0.1) is 5.92 Å². The lowest BCUT2D eigenvalue weighted by molar-refractivity contribution is -0.167. The highest BCUT2D eigenvalue weighted by Gasteiger charge is 2.42. The van der Waals surface area contributed by atoms with Crippen molar-refractivity contribution in [2.75, 3.05) is 17.7 Å². The van der Waals surface area contributed by atoms with Crippen LogP contribution in [-0.2, 0) is 11.2 Å². The summed E-state index contributed by atoms with van der Waals surface area (Å²) in [6.45, 7) is 0. The summed E-state index contributed by atoms with van der Waals surface area (Å²) in [5, 5.41) is 28.0. The zero-order valence-corrected chi connectivity index (χ0v) is 21.7. The third-order valence-electron chi connectivity index (χ3n) is 7.00. The van der Waals surface area contributed by atoms with Crippen molar-refractivity contribution < 1.29 is 28.2 Å². The summed E-state index contributed by atoms with van der Waals surface area (Å²) in [4.78, 5) is 24.1. The number of aryl methyl sites for hydroxylation is 1. The third-order valence-corrected chi connectivity index (χ3v) is 7.61. The summed E-state index contributed by atoms with van der Waals surface area (Å²) in [6.07, 6.45) is -1.98. The molecule has 0 aliphatic heterocycles. The summed E-state index contributed by atoms with van der Waals surface area (Å²) in [5.41, 5.74) is 1.96.